The molecule has 0 spiro atoms. The van der Waals surface area contributed by atoms with E-state index < -0.39 is 17.9 Å². The summed E-state index contributed by atoms with van der Waals surface area (Å²) in [7, 11) is 0. The van der Waals surface area contributed by atoms with Crippen LogP contribution < -0.4 is 11.1 Å². The van der Waals surface area contributed by atoms with E-state index in [4.69, 9.17) is 5.73 Å². The molecular weight excluding hydrogens is 315 g/mol. The zero-order valence-electron chi connectivity index (χ0n) is 11.0. The van der Waals surface area contributed by atoms with Gasteiger partial charge in [0.15, 0.2) is 5.69 Å². The molecule has 4 nitrogen and oxygen atoms in total. The average molecular weight is 332 g/mol. The number of amides is 1. The lowest BCUT2D eigenvalue weighted by atomic mass is 9.99. The van der Waals surface area contributed by atoms with Gasteiger partial charge in [-0.1, -0.05) is 20.3 Å². The van der Waals surface area contributed by atoms with Gasteiger partial charge < -0.3 is 11.1 Å². The van der Waals surface area contributed by atoms with Crippen LogP contribution >= 0.6 is 23.7 Å². The molecule has 116 valence electrons. The minimum Gasteiger partial charge on any atom is -0.348 e. The van der Waals surface area contributed by atoms with Crippen molar-refractivity contribution in [2.75, 3.05) is 0 Å². The molecule has 0 aliphatic heterocycles. The van der Waals surface area contributed by atoms with Crippen molar-refractivity contribution in [1.82, 2.24) is 10.3 Å². The number of rotatable bonds is 5. The van der Waals surface area contributed by atoms with Gasteiger partial charge in [0.2, 0.25) is 5.91 Å². The van der Waals surface area contributed by atoms with E-state index in [0.29, 0.717) is 0 Å². The lowest BCUT2D eigenvalue weighted by molar-refractivity contribution is -0.140. The molecule has 0 saturated heterocycles. The third-order valence-corrected chi connectivity index (χ3v) is 3.66. The van der Waals surface area contributed by atoms with Crippen molar-refractivity contribution in [3.05, 3.63) is 16.1 Å². The number of halogens is 4. The highest BCUT2D eigenvalue weighted by Crippen LogP contribution is 2.29. The van der Waals surface area contributed by atoms with Crippen LogP contribution in [0.4, 0.5) is 13.2 Å². The van der Waals surface area contributed by atoms with E-state index in [2.05, 4.69) is 10.3 Å². The van der Waals surface area contributed by atoms with Crippen molar-refractivity contribution in [2.24, 2.45) is 11.7 Å². The maximum atomic E-state index is 12.3. The van der Waals surface area contributed by atoms with E-state index in [1.165, 1.54) is 0 Å². The van der Waals surface area contributed by atoms with Crippen molar-refractivity contribution in [3.63, 3.8) is 0 Å². The summed E-state index contributed by atoms with van der Waals surface area (Å²) in [5.74, 6) is -0.361. The van der Waals surface area contributed by atoms with E-state index >= 15 is 0 Å². The molecular formula is C11H17ClF3N3OS. The van der Waals surface area contributed by atoms with E-state index in [1.54, 1.807) is 0 Å². The van der Waals surface area contributed by atoms with Crippen LogP contribution in [0.5, 0.6) is 0 Å². The molecule has 3 N–H and O–H groups in total. The van der Waals surface area contributed by atoms with Crippen LogP contribution in [0, 0.1) is 5.92 Å². The number of nitrogens with two attached hydrogens (primary N) is 1. The first-order chi connectivity index (χ1) is 8.75. The van der Waals surface area contributed by atoms with E-state index in [9.17, 15) is 18.0 Å². The van der Waals surface area contributed by atoms with E-state index in [0.717, 1.165) is 23.1 Å². The number of hydrogen-bond acceptors (Lipinski definition) is 4. The topological polar surface area (TPSA) is 68.0 Å². The fourth-order valence-corrected chi connectivity index (χ4v) is 2.06. The molecule has 0 radical (unpaired) electrons. The van der Waals surface area contributed by atoms with E-state index in [-0.39, 0.29) is 35.8 Å². The van der Waals surface area contributed by atoms with Gasteiger partial charge in [-0.2, -0.15) is 13.2 Å². The van der Waals surface area contributed by atoms with Crippen molar-refractivity contribution in [2.45, 2.75) is 39.0 Å². The number of alkyl halides is 3. The minimum absolute atomic E-state index is 0. The molecule has 2 atom stereocenters. The van der Waals surface area contributed by atoms with Gasteiger partial charge in [0, 0.05) is 5.38 Å². The predicted octanol–water partition coefficient (Wildman–Crippen LogP) is 2.57. The first-order valence-electron chi connectivity index (χ1n) is 5.80. The second-order valence-electron chi connectivity index (χ2n) is 4.25. The molecule has 1 aromatic rings. The van der Waals surface area contributed by atoms with Crippen molar-refractivity contribution in [3.8, 4) is 0 Å². The molecule has 0 aliphatic rings. The number of nitrogens with one attached hydrogen (secondary N) is 1. The Morgan fingerprint density at radius 3 is 2.60 bits per heavy atom. The molecule has 1 amide bonds. The summed E-state index contributed by atoms with van der Waals surface area (Å²) in [5, 5.41) is 3.63. The summed E-state index contributed by atoms with van der Waals surface area (Å²) in [5.41, 5.74) is 4.76. The maximum absolute atomic E-state index is 12.3. The molecule has 0 fully saturated rings. The van der Waals surface area contributed by atoms with Gasteiger partial charge in [-0.25, -0.2) is 4.98 Å². The average Bonchev–Trinajstić information content (AvgIpc) is 2.82. The van der Waals surface area contributed by atoms with Gasteiger partial charge in [0.05, 0.1) is 12.6 Å². The van der Waals surface area contributed by atoms with Crippen LogP contribution in [0.2, 0.25) is 0 Å². The highest BCUT2D eigenvalue weighted by Gasteiger charge is 2.33. The predicted molar refractivity (Wildman–Crippen MR) is 73.6 cm³/mol. The van der Waals surface area contributed by atoms with Crippen molar-refractivity contribution >= 4 is 29.7 Å². The largest absolute Gasteiger partial charge is 0.434 e. The molecule has 0 aromatic carbocycles. The fraction of sp³-hybridized carbons (Fsp3) is 0.636. The SMILES string of the molecule is CCC(C)C(N)C(=O)NCc1nc(C(F)(F)F)cs1.Cl. The van der Waals surface area contributed by atoms with Gasteiger partial charge in [-0.15, -0.1) is 23.7 Å². The summed E-state index contributed by atoms with van der Waals surface area (Å²) >= 11 is 0.858. The molecule has 0 bridgehead atoms. The van der Waals surface area contributed by atoms with Gasteiger partial charge in [0.1, 0.15) is 5.01 Å². The Balaban J connectivity index is 0.00000361. The Labute approximate surface area is 125 Å². The van der Waals surface area contributed by atoms with E-state index in [1.807, 2.05) is 13.8 Å². The number of aromatic nitrogens is 1. The quantitative estimate of drug-likeness (QED) is 0.871. The third-order valence-electron chi connectivity index (χ3n) is 2.82. The molecule has 20 heavy (non-hydrogen) atoms. The number of thiazole rings is 1. The molecule has 2 unspecified atom stereocenters. The highest BCUT2D eigenvalue weighted by atomic mass is 35.5. The lowest BCUT2D eigenvalue weighted by Crippen LogP contribution is -2.44. The second kappa shape index (κ2) is 7.80. The Bertz CT molecular complexity index is 439. The molecule has 0 aliphatic carbocycles. The van der Waals surface area contributed by atoms with Crippen molar-refractivity contribution < 1.29 is 18.0 Å². The molecule has 0 saturated carbocycles. The first kappa shape index (κ1) is 19.1. The number of carbonyl (C=O) groups is 1. The molecule has 1 heterocycles. The monoisotopic (exact) mass is 331 g/mol. The van der Waals surface area contributed by atoms with Crippen LogP contribution in [0.15, 0.2) is 5.38 Å². The van der Waals surface area contributed by atoms with Gasteiger partial charge in [0.25, 0.3) is 0 Å². The zero-order valence-corrected chi connectivity index (χ0v) is 12.7. The summed E-state index contributed by atoms with van der Waals surface area (Å²) in [4.78, 5) is 15.1. The first-order valence-corrected chi connectivity index (χ1v) is 6.68. The summed E-state index contributed by atoms with van der Waals surface area (Å²) in [6, 6.07) is -0.660. The molecule has 9 heteroatoms. The summed E-state index contributed by atoms with van der Waals surface area (Å²) in [6.07, 6.45) is -3.70. The second-order valence-corrected chi connectivity index (χ2v) is 5.20. The normalized spacial score (nSPS) is 14.3. The Kier molecular flexibility index (Phi) is 7.46. The smallest absolute Gasteiger partial charge is 0.348 e. The van der Waals surface area contributed by atoms with Gasteiger partial charge in [-0.05, 0) is 5.92 Å². The van der Waals surface area contributed by atoms with Crippen LogP contribution in [-0.2, 0) is 17.5 Å². The van der Waals surface area contributed by atoms with Crippen LogP contribution in [0.3, 0.4) is 0 Å². The van der Waals surface area contributed by atoms with Crippen LogP contribution in [0.25, 0.3) is 0 Å². The highest BCUT2D eigenvalue weighted by molar-refractivity contribution is 7.09. The number of carbonyl (C=O) groups excluding carboxylic acids is 1. The Morgan fingerprint density at radius 2 is 2.15 bits per heavy atom. The Morgan fingerprint density at radius 1 is 1.55 bits per heavy atom. The summed E-state index contributed by atoms with van der Waals surface area (Å²) < 4.78 is 37.0. The lowest BCUT2D eigenvalue weighted by Gasteiger charge is -2.17. The number of nitrogens with zero attached hydrogens (tertiary/aromatic N) is 1. The maximum Gasteiger partial charge on any atom is 0.434 e. The summed E-state index contributed by atoms with van der Waals surface area (Å²) in [6.45, 7) is 3.72. The number of hydrogen-bond donors (Lipinski definition) is 2. The van der Waals surface area contributed by atoms with Crippen LogP contribution in [0.1, 0.15) is 31.0 Å². The Hall–Kier alpha value is -0.860. The fourth-order valence-electron chi connectivity index (χ4n) is 1.32. The van der Waals surface area contributed by atoms with Gasteiger partial charge >= 0.3 is 6.18 Å². The molecule has 1 rings (SSSR count). The van der Waals surface area contributed by atoms with Crippen molar-refractivity contribution in [1.29, 1.82) is 0 Å². The molecule has 1 aromatic heterocycles. The van der Waals surface area contributed by atoms with Crippen LogP contribution in [-0.4, -0.2) is 16.9 Å². The third kappa shape index (κ3) is 5.26. The van der Waals surface area contributed by atoms with Gasteiger partial charge in [-0.3, -0.25) is 4.79 Å². The standard InChI is InChI=1S/C11H16F3N3OS.ClH/c1-3-6(2)9(15)10(18)16-4-8-17-7(5-19-8)11(12,13)14;/h5-6,9H,3-4,15H2,1-2H3,(H,16,18);1H. The minimum atomic E-state index is -4.45. The zero-order chi connectivity index (χ0) is 14.6.